The number of nitrogens with two attached hydrogens (primary N) is 1. The quantitative estimate of drug-likeness (QED) is 0.174. The molecule has 1 unspecified atom stereocenters. The molecular formula is C26H28F2N6O2. The van der Waals surface area contributed by atoms with Gasteiger partial charge in [-0.1, -0.05) is 18.2 Å². The first-order valence-electron chi connectivity index (χ1n) is 11.6. The number of hydrogen-bond acceptors (Lipinski definition) is 6. The van der Waals surface area contributed by atoms with Crippen LogP contribution in [0.4, 0.5) is 14.6 Å². The Hall–Kier alpha value is -3.73. The predicted molar refractivity (Wildman–Crippen MR) is 132 cm³/mol. The molecule has 10 heteroatoms. The van der Waals surface area contributed by atoms with Crippen LogP contribution >= 0.6 is 0 Å². The van der Waals surface area contributed by atoms with E-state index < -0.39 is 17.8 Å². The first-order chi connectivity index (χ1) is 17.2. The number of hydrogen-bond donors (Lipinski definition) is 4. The smallest absolute Gasteiger partial charge is 0.259 e. The van der Waals surface area contributed by atoms with Crippen molar-refractivity contribution >= 4 is 17.6 Å². The van der Waals surface area contributed by atoms with Crippen LogP contribution in [0.3, 0.4) is 0 Å². The number of halogens is 2. The molecule has 1 amide bonds. The number of hydrazine groups is 1. The molecule has 0 spiro atoms. The summed E-state index contributed by atoms with van der Waals surface area (Å²) in [6, 6.07) is 13.5. The lowest BCUT2D eigenvalue weighted by molar-refractivity contribution is 0.102. The van der Waals surface area contributed by atoms with E-state index in [1.165, 1.54) is 24.3 Å². The van der Waals surface area contributed by atoms with E-state index in [9.17, 15) is 18.7 Å². The van der Waals surface area contributed by atoms with E-state index in [2.05, 4.69) is 15.2 Å². The van der Waals surface area contributed by atoms with Crippen LogP contribution in [0.1, 0.15) is 39.7 Å². The van der Waals surface area contributed by atoms with Gasteiger partial charge in [-0.25, -0.2) is 19.6 Å². The number of pyridine rings is 1. The molecule has 36 heavy (non-hydrogen) atoms. The number of aromatic nitrogens is 1. The zero-order valence-corrected chi connectivity index (χ0v) is 19.8. The number of amidine groups is 1. The van der Waals surface area contributed by atoms with E-state index in [1.807, 2.05) is 0 Å². The molecule has 0 bridgehead atoms. The fourth-order valence-electron chi connectivity index (χ4n) is 4.06. The third-order valence-electron chi connectivity index (χ3n) is 6.18. The number of anilines is 1. The summed E-state index contributed by atoms with van der Waals surface area (Å²) in [4.78, 5) is 19.3. The number of fused-ring (bicyclic) bond motifs is 1. The Morgan fingerprint density at radius 3 is 2.69 bits per heavy atom. The van der Waals surface area contributed by atoms with Crippen LogP contribution in [0.5, 0.6) is 0 Å². The van der Waals surface area contributed by atoms with E-state index in [4.69, 9.17) is 11.3 Å². The minimum Gasteiger partial charge on any atom is -0.394 e. The molecule has 1 atom stereocenters. The van der Waals surface area contributed by atoms with E-state index >= 15 is 0 Å². The Balaban J connectivity index is 1.48. The molecule has 0 fully saturated rings. The van der Waals surface area contributed by atoms with Gasteiger partial charge in [0.15, 0.2) is 5.84 Å². The van der Waals surface area contributed by atoms with Gasteiger partial charge in [0.25, 0.3) is 5.91 Å². The third-order valence-corrected chi connectivity index (χ3v) is 6.18. The largest absolute Gasteiger partial charge is 0.394 e. The number of amides is 1. The molecule has 0 aliphatic carbocycles. The topological polar surface area (TPSA) is 119 Å². The number of nitrogens with one attached hydrogen (secondary N) is 2. The second-order valence-corrected chi connectivity index (χ2v) is 8.84. The van der Waals surface area contributed by atoms with Crippen LogP contribution in [0.15, 0.2) is 54.6 Å². The Labute approximate surface area is 207 Å². The number of rotatable bonds is 7. The maximum absolute atomic E-state index is 14.8. The zero-order valence-electron chi connectivity index (χ0n) is 19.8. The van der Waals surface area contributed by atoms with Crippen LogP contribution in [0, 0.1) is 17.0 Å². The Morgan fingerprint density at radius 1 is 1.22 bits per heavy atom. The molecule has 2 heterocycles. The molecule has 2 aromatic carbocycles. The summed E-state index contributed by atoms with van der Waals surface area (Å²) in [5.74, 6) is 4.30. The van der Waals surface area contributed by atoms with Gasteiger partial charge in [0.05, 0.1) is 18.2 Å². The van der Waals surface area contributed by atoms with Gasteiger partial charge < -0.3 is 10.4 Å². The van der Waals surface area contributed by atoms with Gasteiger partial charge >= 0.3 is 0 Å². The number of aliphatic hydroxyl groups excluding tert-OH is 1. The fourth-order valence-corrected chi connectivity index (χ4v) is 4.06. The number of nitrogens with zero attached hydrogens (tertiary/aromatic N) is 3. The van der Waals surface area contributed by atoms with Crippen LogP contribution < -0.4 is 11.2 Å². The molecule has 8 nitrogen and oxygen atoms in total. The van der Waals surface area contributed by atoms with Crippen molar-refractivity contribution in [1.82, 2.24) is 14.9 Å². The van der Waals surface area contributed by atoms with Crippen molar-refractivity contribution in [3.63, 3.8) is 0 Å². The number of benzene rings is 2. The maximum atomic E-state index is 14.8. The highest BCUT2D eigenvalue weighted by molar-refractivity contribution is 6.04. The number of carbonyl (C=O) groups is 1. The van der Waals surface area contributed by atoms with Crippen molar-refractivity contribution in [3.05, 3.63) is 94.2 Å². The predicted octanol–water partition coefficient (Wildman–Crippen LogP) is 3.05. The van der Waals surface area contributed by atoms with Gasteiger partial charge in [0.2, 0.25) is 0 Å². The molecule has 0 saturated heterocycles. The Morgan fingerprint density at radius 2 is 1.97 bits per heavy atom. The lowest BCUT2D eigenvalue weighted by Crippen LogP contribution is -2.46. The summed E-state index contributed by atoms with van der Waals surface area (Å²) < 4.78 is 28.0. The van der Waals surface area contributed by atoms with Crippen LogP contribution in [0.2, 0.25) is 0 Å². The molecule has 1 aromatic heterocycles. The zero-order chi connectivity index (χ0) is 25.8. The van der Waals surface area contributed by atoms with E-state index in [0.717, 1.165) is 28.2 Å². The van der Waals surface area contributed by atoms with Crippen LogP contribution in [-0.4, -0.2) is 50.9 Å². The Kier molecular flexibility index (Phi) is 7.68. The highest BCUT2D eigenvalue weighted by atomic mass is 19.1. The highest BCUT2D eigenvalue weighted by Gasteiger charge is 2.22. The minimum absolute atomic E-state index is 0.103. The molecule has 0 saturated carbocycles. The average molecular weight is 495 g/mol. The number of aliphatic hydroxyl groups is 1. The third kappa shape index (κ3) is 5.73. The molecule has 188 valence electrons. The standard InChI is InChI=1S/C26H28F2N6O2/c1-16(15-35)34(30)25(29)23-3-2-4-24(31-23)32-26(36)21-11-19-14-33(10-9-18(19)12-22(21)28)13-17-5-7-20(27)8-6-17/h2-8,11-12,16,29,35H,9-10,13-15,30H2,1H3,(H,31,32,36). The van der Waals surface area contributed by atoms with Crippen molar-refractivity contribution in [2.75, 3.05) is 18.5 Å². The van der Waals surface area contributed by atoms with Gasteiger partial charge in [-0.3, -0.25) is 20.1 Å². The highest BCUT2D eigenvalue weighted by Crippen LogP contribution is 2.25. The van der Waals surface area contributed by atoms with Crippen LogP contribution in [0.25, 0.3) is 0 Å². The van der Waals surface area contributed by atoms with Crippen molar-refractivity contribution in [1.29, 1.82) is 5.41 Å². The van der Waals surface area contributed by atoms with Crippen molar-refractivity contribution in [3.8, 4) is 0 Å². The van der Waals surface area contributed by atoms with E-state index in [0.29, 0.717) is 19.5 Å². The molecule has 1 aliphatic heterocycles. The summed E-state index contributed by atoms with van der Waals surface area (Å²) in [6.07, 6.45) is 0.642. The summed E-state index contributed by atoms with van der Waals surface area (Å²) in [7, 11) is 0. The second-order valence-electron chi connectivity index (χ2n) is 8.84. The summed E-state index contributed by atoms with van der Waals surface area (Å²) in [5.41, 5.74) is 2.78. The molecule has 5 N–H and O–H groups in total. The molecule has 1 aliphatic rings. The fraction of sp³-hybridized carbons (Fsp3) is 0.269. The van der Waals surface area contributed by atoms with E-state index in [-0.39, 0.29) is 35.3 Å². The monoisotopic (exact) mass is 494 g/mol. The normalized spacial score (nSPS) is 14.1. The molecular weight excluding hydrogens is 466 g/mol. The van der Waals surface area contributed by atoms with Gasteiger partial charge in [-0.05, 0) is 66.4 Å². The SMILES string of the molecule is CC(CO)N(N)C(=N)c1cccc(NC(=O)c2cc3c(cc2F)CCN(Cc2ccc(F)cc2)C3)n1. The maximum Gasteiger partial charge on any atom is 0.259 e. The lowest BCUT2D eigenvalue weighted by atomic mass is 9.96. The van der Waals surface area contributed by atoms with Crippen molar-refractivity contribution in [2.45, 2.75) is 32.5 Å². The first-order valence-corrected chi connectivity index (χ1v) is 11.6. The Bertz CT molecular complexity index is 1270. The summed E-state index contributed by atoms with van der Waals surface area (Å²) >= 11 is 0. The lowest BCUT2D eigenvalue weighted by Gasteiger charge is -2.29. The van der Waals surface area contributed by atoms with Gasteiger partial charge in [-0.2, -0.15) is 0 Å². The second kappa shape index (κ2) is 10.9. The van der Waals surface area contributed by atoms with Crippen molar-refractivity contribution in [2.24, 2.45) is 5.84 Å². The summed E-state index contributed by atoms with van der Waals surface area (Å²) in [6.45, 7) is 3.29. The van der Waals surface area contributed by atoms with Gasteiger partial charge in [-0.15, -0.1) is 0 Å². The van der Waals surface area contributed by atoms with Crippen LogP contribution in [-0.2, 0) is 19.5 Å². The summed E-state index contributed by atoms with van der Waals surface area (Å²) in [5, 5.41) is 21.1. The van der Waals surface area contributed by atoms with Gasteiger partial charge in [0.1, 0.15) is 23.1 Å². The molecule has 4 rings (SSSR count). The van der Waals surface area contributed by atoms with Crippen molar-refractivity contribution < 1.29 is 18.7 Å². The van der Waals surface area contributed by atoms with Gasteiger partial charge in [0, 0.05) is 19.6 Å². The molecule has 0 radical (unpaired) electrons. The average Bonchev–Trinajstić information content (AvgIpc) is 2.88. The first kappa shape index (κ1) is 25.4. The number of carbonyl (C=O) groups excluding carboxylic acids is 1. The minimum atomic E-state index is -0.657. The van der Waals surface area contributed by atoms with E-state index in [1.54, 1.807) is 37.3 Å². The molecule has 3 aromatic rings.